The van der Waals surface area contributed by atoms with Gasteiger partial charge in [0.25, 0.3) is 0 Å². The van der Waals surface area contributed by atoms with Gasteiger partial charge in [0.2, 0.25) is 5.91 Å². The lowest BCUT2D eigenvalue weighted by molar-refractivity contribution is -0.126. The molecule has 1 unspecified atom stereocenters. The number of nitrogens with one attached hydrogen (secondary N) is 1. The van der Waals surface area contributed by atoms with E-state index in [0.717, 1.165) is 32.2 Å². The number of nitrogens with zero attached hydrogens (tertiary/aromatic N) is 1. The van der Waals surface area contributed by atoms with Crippen LogP contribution in [0.25, 0.3) is 0 Å². The van der Waals surface area contributed by atoms with Crippen LogP contribution in [-0.4, -0.2) is 43.5 Å². The van der Waals surface area contributed by atoms with E-state index in [9.17, 15) is 4.79 Å². The molecule has 0 aromatic carbocycles. The van der Waals surface area contributed by atoms with E-state index in [1.165, 1.54) is 0 Å². The summed E-state index contributed by atoms with van der Waals surface area (Å²) >= 11 is 0. The fraction of sp³-hybridized carbons (Fsp3) is 0.917. The number of hydrogen-bond donors (Lipinski definition) is 2. The first kappa shape index (κ1) is 13.5. The van der Waals surface area contributed by atoms with Gasteiger partial charge >= 0.3 is 0 Å². The summed E-state index contributed by atoms with van der Waals surface area (Å²) < 4.78 is 0. The lowest BCUT2D eigenvalue weighted by Gasteiger charge is -2.26. The molecule has 1 saturated carbocycles. The molecule has 1 fully saturated rings. The van der Waals surface area contributed by atoms with Crippen LogP contribution < -0.4 is 11.1 Å². The normalized spacial score (nSPS) is 27.8. The van der Waals surface area contributed by atoms with Crippen molar-refractivity contribution in [1.82, 2.24) is 10.2 Å². The molecule has 0 aromatic heterocycles. The maximum atomic E-state index is 11.9. The van der Waals surface area contributed by atoms with Gasteiger partial charge in [-0.25, -0.2) is 0 Å². The molecule has 0 heterocycles. The highest BCUT2D eigenvalue weighted by Gasteiger charge is 2.24. The van der Waals surface area contributed by atoms with E-state index in [-0.39, 0.29) is 11.8 Å². The summed E-state index contributed by atoms with van der Waals surface area (Å²) in [6, 6.07) is 0.694. The topological polar surface area (TPSA) is 58.4 Å². The fourth-order valence-electron chi connectivity index (χ4n) is 1.96. The van der Waals surface area contributed by atoms with Crippen molar-refractivity contribution in [2.24, 2.45) is 11.7 Å². The van der Waals surface area contributed by atoms with Crippen molar-refractivity contribution in [1.29, 1.82) is 0 Å². The molecule has 1 amide bonds. The molecule has 94 valence electrons. The third-order valence-electron chi connectivity index (χ3n) is 3.60. The molecule has 3 N–H and O–H groups in total. The van der Waals surface area contributed by atoms with Crippen LogP contribution in [0.2, 0.25) is 0 Å². The number of nitrogens with two attached hydrogens (primary N) is 1. The first-order valence-corrected chi connectivity index (χ1v) is 6.20. The summed E-state index contributed by atoms with van der Waals surface area (Å²) in [5.74, 6) is 0.398. The predicted molar refractivity (Wildman–Crippen MR) is 66.1 cm³/mol. The molecular weight excluding hydrogens is 202 g/mol. The maximum Gasteiger partial charge on any atom is 0.223 e. The molecule has 0 radical (unpaired) electrons. The van der Waals surface area contributed by atoms with Gasteiger partial charge in [-0.05, 0) is 46.7 Å². The van der Waals surface area contributed by atoms with Crippen molar-refractivity contribution in [2.45, 2.75) is 44.7 Å². The Morgan fingerprint density at radius 1 is 1.38 bits per heavy atom. The monoisotopic (exact) mass is 227 g/mol. The van der Waals surface area contributed by atoms with Crippen LogP contribution in [0, 0.1) is 5.92 Å². The first-order valence-electron chi connectivity index (χ1n) is 6.20. The van der Waals surface area contributed by atoms with Gasteiger partial charge in [-0.15, -0.1) is 0 Å². The molecule has 0 spiro atoms. The van der Waals surface area contributed by atoms with E-state index in [0.29, 0.717) is 12.1 Å². The minimum atomic E-state index is 0.189. The van der Waals surface area contributed by atoms with Crippen molar-refractivity contribution < 1.29 is 4.79 Å². The molecule has 0 bridgehead atoms. The summed E-state index contributed by atoms with van der Waals surface area (Å²) in [4.78, 5) is 14.0. The van der Waals surface area contributed by atoms with Gasteiger partial charge in [0.15, 0.2) is 0 Å². The Bertz CT molecular complexity index is 222. The number of carbonyl (C=O) groups excluding carboxylic acids is 1. The standard InChI is InChI=1S/C12H25N3O/c1-9(15(2)3)8-14-12(16)10-4-6-11(13)7-5-10/h9-11H,4-8,13H2,1-3H3,(H,14,16). The molecule has 1 atom stereocenters. The minimum Gasteiger partial charge on any atom is -0.354 e. The number of carbonyl (C=O) groups is 1. The molecule has 1 aliphatic rings. The molecule has 1 rings (SSSR count). The van der Waals surface area contributed by atoms with Gasteiger partial charge in [-0.2, -0.15) is 0 Å². The summed E-state index contributed by atoms with van der Waals surface area (Å²) in [5.41, 5.74) is 5.82. The summed E-state index contributed by atoms with van der Waals surface area (Å²) in [5, 5.41) is 3.03. The number of hydrogen-bond acceptors (Lipinski definition) is 3. The largest absolute Gasteiger partial charge is 0.354 e. The number of rotatable bonds is 4. The first-order chi connectivity index (χ1) is 7.50. The van der Waals surface area contributed by atoms with Crippen LogP contribution in [-0.2, 0) is 4.79 Å². The van der Waals surface area contributed by atoms with Crippen molar-refractivity contribution in [3.05, 3.63) is 0 Å². The van der Waals surface area contributed by atoms with E-state index in [1.54, 1.807) is 0 Å². The van der Waals surface area contributed by atoms with Crippen LogP contribution in [0.1, 0.15) is 32.6 Å². The van der Waals surface area contributed by atoms with E-state index < -0.39 is 0 Å². The lowest BCUT2D eigenvalue weighted by Crippen LogP contribution is -2.42. The van der Waals surface area contributed by atoms with Gasteiger partial charge in [-0.3, -0.25) is 4.79 Å². The van der Waals surface area contributed by atoms with E-state index in [1.807, 2.05) is 14.1 Å². The molecule has 16 heavy (non-hydrogen) atoms. The highest BCUT2D eigenvalue weighted by molar-refractivity contribution is 5.78. The highest BCUT2D eigenvalue weighted by atomic mass is 16.1. The molecule has 0 aromatic rings. The van der Waals surface area contributed by atoms with Gasteiger partial charge in [-0.1, -0.05) is 0 Å². The minimum absolute atomic E-state index is 0.189. The van der Waals surface area contributed by atoms with Crippen LogP contribution in [0.4, 0.5) is 0 Å². The van der Waals surface area contributed by atoms with Crippen LogP contribution in [0.5, 0.6) is 0 Å². The van der Waals surface area contributed by atoms with Crippen molar-refractivity contribution in [3.8, 4) is 0 Å². The molecular formula is C12H25N3O. The Morgan fingerprint density at radius 2 is 1.94 bits per heavy atom. The number of amides is 1. The smallest absolute Gasteiger partial charge is 0.223 e. The third-order valence-corrected chi connectivity index (χ3v) is 3.60. The zero-order valence-electron chi connectivity index (χ0n) is 10.7. The lowest BCUT2D eigenvalue weighted by atomic mass is 9.86. The zero-order chi connectivity index (χ0) is 12.1. The molecule has 0 saturated heterocycles. The van der Waals surface area contributed by atoms with Gasteiger partial charge in [0, 0.05) is 24.5 Å². The average molecular weight is 227 g/mol. The maximum absolute atomic E-state index is 11.9. The summed E-state index contributed by atoms with van der Waals surface area (Å²) in [7, 11) is 4.05. The van der Waals surface area contributed by atoms with E-state index >= 15 is 0 Å². The van der Waals surface area contributed by atoms with Crippen molar-refractivity contribution in [3.63, 3.8) is 0 Å². The van der Waals surface area contributed by atoms with E-state index in [2.05, 4.69) is 17.1 Å². The quantitative estimate of drug-likeness (QED) is 0.738. The van der Waals surface area contributed by atoms with Crippen molar-refractivity contribution >= 4 is 5.91 Å². The Kier molecular flexibility index (Phi) is 5.22. The number of likely N-dealkylation sites (N-methyl/N-ethyl adjacent to an activating group) is 1. The average Bonchev–Trinajstić information content (AvgIpc) is 2.26. The van der Waals surface area contributed by atoms with Crippen LogP contribution in [0.3, 0.4) is 0 Å². The summed E-state index contributed by atoms with van der Waals surface area (Å²) in [6.07, 6.45) is 3.87. The molecule has 0 aliphatic heterocycles. The van der Waals surface area contributed by atoms with Gasteiger partial charge in [0.1, 0.15) is 0 Å². The van der Waals surface area contributed by atoms with Crippen LogP contribution >= 0.6 is 0 Å². The Hall–Kier alpha value is -0.610. The van der Waals surface area contributed by atoms with Crippen molar-refractivity contribution in [2.75, 3.05) is 20.6 Å². The second-order valence-electron chi connectivity index (χ2n) is 5.17. The predicted octanol–water partition coefficient (Wildman–Crippen LogP) is 0.570. The fourth-order valence-corrected chi connectivity index (χ4v) is 1.96. The van der Waals surface area contributed by atoms with E-state index in [4.69, 9.17) is 5.73 Å². The highest BCUT2D eigenvalue weighted by Crippen LogP contribution is 2.23. The molecule has 1 aliphatic carbocycles. The van der Waals surface area contributed by atoms with Gasteiger partial charge < -0.3 is 16.0 Å². The van der Waals surface area contributed by atoms with Crippen LogP contribution in [0.15, 0.2) is 0 Å². The molecule has 4 nitrogen and oxygen atoms in total. The Morgan fingerprint density at radius 3 is 2.44 bits per heavy atom. The summed E-state index contributed by atoms with van der Waals surface area (Å²) in [6.45, 7) is 2.84. The van der Waals surface area contributed by atoms with Gasteiger partial charge in [0.05, 0.1) is 0 Å². The zero-order valence-corrected chi connectivity index (χ0v) is 10.7. The third kappa shape index (κ3) is 4.10. The Labute approximate surface area is 98.6 Å². The molecule has 4 heteroatoms. The Balaban J connectivity index is 2.25. The second kappa shape index (κ2) is 6.21. The second-order valence-corrected chi connectivity index (χ2v) is 5.17. The SMILES string of the molecule is CC(CNC(=O)C1CCC(N)CC1)N(C)C.